The van der Waals surface area contributed by atoms with E-state index >= 15 is 0 Å². The van der Waals surface area contributed by atoms with Gasteiger partial charge in [0.2, 0.25) is 0 Å². The molecule has 0 fully saturated rings. The molecule has 0 radical (unpaired) electrons. The quantitative estimate of drug-likeness (QED) is 0.286. The Morgan fingerprint density at radius 2 is 1.60 bits per heavy atom. The lowest BCUT2D eigenvalue weighted by molar-refractivity contribution is 0.660. The van der Waals surface area contributed by atoms with Crippen molar-refractivity contribution in [3.63, 3.8) is 0 Å². The van der Waals surface area contributed by atoms with Gasteiger partial charge < -0.3 is 0 Å². The maximum Gasteiger partial charge on any atom is 0.0205 e. The molecule has 0 bridgehead atoms. The lowest BCUT2D eigenvalue weighted by Gasteiger charge is -2.33. The highest BCUT2D eigenvalue weighted by Gasteiger charge is 2.42. The first-order valence-corrected chi connectivity index (χ1v) is 15.2. The zero-order valence-electron chi connectivity index (χ0n) is 22.6. The Hall–Kier alpha value is -4.16. The van der Waals surface area contributed by atoms with Crippen molar-refractivity contribution in [3.05, 3.63) is 142 Å². The third-order valence-electron chi connectivity index (χ3n) is 10.6. The Morgan fingerprint density at radius 3 is 2.55 bits per heavy atom. The molecule has 2 unspecified atom stereocenters. The zero-order chi connectivity index (χ0) is 25.9. The molecule has 0 aliphatic heterocycles. The van der Waals surface area contributed by atoms with Crippen molar-refractivity contribution in [3.8, 4) is 0 Å². The first-order chi connectivity index (χ1) is 19.8. The molecule has 2 atom stereocenters. The predicted molar refractivity (Wildman–Crippen MR) is 170 cm³/mol. The normalized spacial score (nSPS) is 25.0. The monoisotopic (exact) mass is 510 g/mol. The lowest BCUT2D eigenvalue weighted by Crippen LogP contribution is -2.21. The minimum Gasteiger partial charge on any atom is -0.0842 e. The Bertz CT molecular complexity index is 2030. The van der Waals surface area contributed by atoms with Crippen molar-refractivity contribution in [1.29, 1.82) is 0 Å². The van der Waals surface area contributed by atoms with E-state index in [4.69, 9.17) is 0 Å². The zero-order valence-corrected chi connectivity index (χ0v) is 22.6. The largest absolute Gasteiger partial charge is 0.0842 e. The number of benzene rings is 3. The maximum atomic E-state index is 2.56. The highest BCUT2D eigenvalue weighted by Crippen LogP contribution is 2.58. The minimum atomic E-state index is 0.465. The Balaban J connectivity index is 1.20. The first-order valence-electron chi connectivity index (χ1n) is 15.2. The average Bonchev–Trinajstić information content (AvgIpc) is 3.50. The smallest absolute Gasteiger partial charge is 0.0205 e. The fourth-order valence-electron chi connectivity index (χ4n) is 8.87. The molecule has 0 spiro atoms. The number of fused-ring (bicyclic) bond motifs is 8. The second-order valence-electron chi connectivity index (χ2n) is 12.5. The van der Waals surface area contributed by atoms with Gasteiger partial charge in [-0.2, -0.15) is 0 Å². The number of rotatable bonds is 1. The van der Waals surface area contributed by atoms with Gasteiger partial charge in [0.25, 0.3) is 0 Å². The molecule has 0 N–H and O–H groups in total. The summed E-state index contributed by atoms with van der Waals surface area (Å²) in [5.41, 5.74) is 18.1. The van der Waals surface area contributed by atoms with Gasteiger partial charge in [0, 0.05) is 11.8 Å². The van der Waals surface area contributed by atoms with Crippen LogP contribution in [0.5, 0.6) is 0 Å². The van der Waals surface area contributed by atoms with Gasteiger partial charge in [-0.15, -0.1) is 0 Å². The summed E-state index contributed by atoms with van der Waals surface area (Å²) in [6.45, 7) is 0. The minimum absolute atomic E-state index is 0.465. The van der Waals surface area contributed by atoms with Crippen LogP contribution in [0.4, 0.5) is 0 Å². The third-order valence-corrected chi connectivity index (χ3v) is 10.6. The standard InChI is InChI=1S/C40H30/c1-2-8-23(9-3-1)24-16-17-28-34(18-24)31-14-7-13-30-33-22-36-35(20-26(33)21-37(28)40(30)31)32-15-6-12-29-27-11-5-4-10-25(27)19-38(36)39(29)32/h1-2,5-8,11-15,18-22,29,39H,3-4,9-10,16-17H2. The van der Waals surface area contributed by atoms with E-state index in [-0.39, 0.29) is 0 Å². The Morgan fingerprint density at radius 1 is 0.675 bits per heavy atom. The van der Waals surface area contributed by atoms with Gasteiger partial charge in [-0.25, -0.2) is 0 Å². The van der Waals surface area contributed by atoms with Crippen molar-refractivity contribution in [2.75, 3.05) is 0 Å². The van der Waals surface area contributed by atoms with Crippen LogP contribution in [-0.4, -0.2) is 0 Å². The van der Waals surface area contributed by atoms with Crippen molar-refractivity contribution >= 4 is 43.8 Å². The summed E-state index contributed by atoms with van der Waals surface area (Å²) < 4.78 is 0. The molecule has 0 saturated heterocycles. The van der Waals surface area contributed by atoms with E-state index in [2.05, 4.69) is 97.2 Å². The summed E-state index contributed by atoms with van der Waals surface area (Å²) in [6.07, 6.45) is 30.9. The van der Waals surface area contributed by atoms with E-state index in [0.717, 1.165) is 19.3 Å². The van der Waals surface area contributed by atoms with Gasteiger partial charge in [0.1, 0.15) is 0 Å². The van der Waals surface area contributed by atoms with Crippen molar-refractivity contribution < 1.29 is 0 Å². The predicted octanol–water partition coefficient (Wildman–Crippen LogP) is 10.5. The summed E-state index contributed by atoms with van der Waals surface area (Å²) in [5.74, 6) is 0.943. The summed E-state index contributed by atoms with van der Waals surface area (Å²) in [4.78, 5) is 0. The summed E-state index contributed by atoms with van der Waals surface area (Å²) in [6, 6.07) is 14.7. The van der Waals surface area contributed by atoms with Gasteiger partial charge in [-0.1, -0.05) is 79.0 Å². The number of hydrogen-bond donors (Lipinski definition) is 0. The van der Waals surface area contributed by atoms with Crippen molar-refractivity contribution in [2.45, 2.75) is 38.5 Å². The SMILES string of the molecule is C1=CCCC(C2=CC3=C(CC2)c2cc4cc5c(cc4c4cccc3c24)C2=CC3=C(C=CCC3)C3C=CC=C5C23)=C1. The van der Waals surface area contributed by atoms with E-state index < -0.39 is 0 Å². The van der Waals surface area contributed by atoms with E-state index in [1.165, 1.54) is 79.8 Å². The van der Waals surface area contributed by atoms with Crippen LogP contribution in [-0.2, 0) is 0 Å². The molecule has 3 aromatic rings. The highest BCUT2D eigenvalue weighted by atomic mass is 14.4. The maximum absolute atomic E-state index is 2.56. The molecule has 7 aliphatic rings. The summed E-state index contributed by atoms with van der Waals surface area (Å²) >= 11 is 0. The molecule has 3 aromatic carbocycles. The van der Waals surface area contributed by atoms with Crippen LogP contribution in [0.2, 0.25) is 0 Å². The van der Waals surface area contributed by atoms with E-state index in [1.807, 2.05) is 0 Å². The van der Waals surface area contributed by atoms with Gasteiger partial charge in [-0.3, -0.25) is 0 Å². The van der Waals surface area contributed by atoms with Gasteiger partial charge in [0.15, 0.2) is 0 Å². The van der Waals surface area contributed by atoms with E-state index in [0.29, 0.717) is 11.8 Å². The molecule has 0 aromatic heterocycles. The summed E-state index contributed by atoms with van der Waals surface area (Å²) in [7, 11) is 0. The second-order valence-corrected chi connectivity index (χ2v) is 12.5. The molecule has 0 nitrogen and oxygen atoms in total. The van der Waals surface area contributed by atoms with Crippen LogP contribution in [0.1, 0.15) is 60.8 Å². The van der Waals surface area contributed by atoms with Crippen molar-refractivity contribution in [2.24, 2.45) is 11.8 Å². The molecule has 0 heterocycles. The molecule has 0 amide bonds. The van der Waals surface area contributed by atoms with Gasteiger partial charge in [-0.05, 0) is 145 Å². The van der Waals surface area contributed by atoms with Crippen LogP contribution in [0, 0.1) is 11.8 Å². The highest BCUT2D eigenvalue weighted by molar-refractivity contribution is 6.24. The third kappa shape index (κ3) is 2.72. The van der Waals surface area contributed by atoms with Gasteiger partial charge in [0.05, 0.1) is 0 Å². The van der Waals surface area contributed by atoms with Crippen molar-refractivity contribution in [1.82, 2.24) is 0 Å². The topological polar surface area (TPSA) is 0 Å². The average molecular weight is 511 g/mol. The van der Waals surface area contributed by atoms with E-state index in [1.54, 1.807) is 27.9 Å². The van der Waals surface area contributed by atoms with E-state index in [9.17, 15) is 0 Å². The fraction of sp³-hybridized carbons (Fsp3) is 0.200. The van der Waals surface area contributed by atoms with Crippen LogP contribution in [0.3, 0.4) is 0 Å². The van der Waals surface area contributed by atoms with Crippen LogP contribution in [0.15, 0.2) is 119 Å². The molecule has 0 saturated carbocycles. The number of allylic oxidation sites excluding steroid dienone is 18. The van der Waals surface area contributed by atoms with Gasteiger partial charge >= 0.3 is 0 Å². The molecule has 10 rings (SSSR count). The Labute approximate surface area is 235 Å². The second kappa shape index (κ2) is 7.73. The molecule has 0 heteroatoms. The van der Waals surface area contributed by atoms with Crippen LogP contribution >= 0.6 is 0 Å². The fourth-order valence-corrected chi connectivity index (χ4v) is 8.87. The molecule has 40 heavy (non-hydrogen) atoms. The molecule has 7 aliphatic carbocycles. The van der Waals surface area contributed by atoms with Crippen LogP contribution < -0.4 is 0 Å². The molecular formula is C40H30. The summed E-state index contributed by atoms with van der Waals surface area (Å²) in [5, 5.41) is 5.71. The van der Waals surface area contributed by atoms with Crippen LogP contribution in [0.25, 0.3) is 43.8 Å². The Kier molecular flexibility index (Phi) is 4.18. The first kappa shape index (κ1) is 21.6. The lowest BCUT2D eigenvalue weighted by atomic mass is 9.70. The molecule has 190 valence electrons. The molecular weight excluding hydrogens is 480 g/mol. The number of hydrogen-bond acceptors (Lipinski definition) is 0.